The quantitative estimate of drug-likeness (QED) is 0.585. The minimum absolute atomic E-state index is 0.922. The van der Waals surface area contributed by atoms with Crippen molar-refractivity contribution in [2.24, 2.45) is 0 Å². The molecule has 0 saturated heterocycles. The molecule has 0 atom stereocenters. The maximum Gasteiger partial charge on any atom is 0.113 e. The maximum atomic E-state index is 3.94. The number of hydrogen-bond acceptors (Lipinski definition) is 2. The van der Waals surface area contributed by atoms with Crippen LogP contribution in [0.4, 0.5) is 0 Å². The van der Waals surface area contributed by atoms with Crippen LogP contribution < -0.4 is 0 Å². The minimum Gasteiger partial charge on any atom is -0.368 e. The van der Waals surface area contributed by atoms with E-state index in [0.717, 1.165) is 11.0 Å². The molecule has 2 aromatic heterocycles. The van der Waals surface area contributed by atoms with Crippen molar-refractivity contribution in [2.75, 3.05) is 0 Å². The van der Waals surface area contributed by atoms with Crippen LogP contribution in [0.1, 0.15) is 5.56 Å². The third-order valence-corrected chi connectivity index (χ3v) is 1.97. The van der Waals surface area contributed by atoms with Crippen LogP contribution in [0.25, 0.3) is 11.0 Å². The van der Waals surface area contributed by atoms with Crippen molar-refractivity contribution >= 4 is 11.0 Å². The van der Waals surface area contributed by atoms with Crippen molar-refractivity contribution in [1.82, 2.24) is 20.4 Å². The van der Waals surface area contributed by atoms with E-state index in [4.69, 9.17) is 0 Å². The van der Waals surface area contributed by atoms with Gasteiger partial charge in [-0.2, -0.15) is 15.4 Å². The number of aromatic amines is 2. The molecule has 3 rings (SSSR count). The lowest BCUT2D eigenvalue weighted by Gasteiger charge is -1.87. The van der Waals surface area contributed by atoms with Gasteiger partial charge in [0, 0.05) is 12.4 Å². The second-order valence-corrected chi connectivity index (χ2v) is 3.20. The first kappa shape index (κ1) is 9.45. The summed E-state index contributed by atoms with van der Waals surface area (Å²) in [5, 5.41) is 10.4. The van der Waals surface area contributed by atoms with Crippen molar-refractivity contribution in [3.05, 3.63) is 48.3 Å². The van der Waals surface area contributed by atoms with Crippen LogP contribution in [-0.2, 0) is 0 Å². The molecule has 15 heavy (non-hydrogen) atoms. The molecule has 0 spiro atoms. The number of nitrogens with zero attached hydrogens (tertiary/aromatic N) is 2. The van der Waals surface area contributed by atoms with Gasteiger partial charge in [-0.25, -0.2) is 0 Å². The number of nitrogens with one attached hydrogen (secondary N) is 2. The first-order chi connectivity index (χ1) is 7.36. The summed E-state index contributed by atoms with van der Waals surface area (Å²) in [4.78, 5) is 2.86. The van der Waals surface area contributed by atoms with Crippen LogP contribution in [0.5, 0.6) is 0 Å². The summed E-state index contributed by atoms with van der Waals surface area (Å²) >= 11 is 0. The lowest BCUT2D eigenvalue weighted by molar-refractivity contribution is 0.959. The highest BCUT2D eigenvalue weighted by Crippen LogP contribution is 2.08. The van der Waals surface area contributed by atoms with E-state index in [9.17, 15) is 0 Å². The Morgan fingerprint density at radius 1 is 1.00 bits per heavy atom. The predicted octanol–water partition coefficient (Wildman–Crippen LogP) is 2.28. The summed E-state index contributed by atoms with van der Waals surface area (Å²) < 4.78 is 0. The molecule has 4 nitrogen and oxygen atoms in total. The fraction of sp³-hybridized carbons (Fsp3) is 0.0909. The summed E-state index contributed by atoms with van der Waals surface area (Å²) in [6, 6.07) is 9.86. The van der Waals surface area contributed by atoms with E-state index >= 15 is 0 Å². The molecule has 1 aromatic carbocycles. The van der Waals surface area contributed by atoms with Gasteiger partial charge in [-0.05, 0) is 36.8 Å². The molecule has 0 aliphatic carbocycles. The summed E-state index contributed by atoms with van der Waals surface area (Å²) in [6.07, 6.45) is 3.75. The van der Waals surface area contributed by atoms with E-state index in [-0.39, 0.29) is 0 Å². The Hall–Kier alpha value is -2.10. The molecule has 0 saturated carbocycles. The molecule has 2 N–H and O–H groups in total. The fourth-order valence-electron chi connectivity index (χ4n) is 1.23. The third-order valence-electron chi connectivity index (χ3n) is 1.97. The van der Waals surface area contributed by atoms with Crippen LogP contribution in [0.15, 0.2) is 42.7 Å². The monoisotopic (exact) mass is 200 g/mol. The topological polar surface area (TPSA) is 57.4 Å². The second kappa shape index (κ2) is 4.41. The van der Waals surface area contributed by atoms with E-state index < -0.39 is 0 Å². The lowest BCUT2D eigenvalue weighted by Crippen LogP contribution is -1.71. The molecule has 0 fully saturated rings. The Kier molecular flexibility index (Phi) is 2.78. The van der Waals surface area contributed by atoms with Gasteiger partial charge in [-0.15, -0.1) is 0 Å². The third kappa shape index (κ3) is 2.43. The number of hydrogen-bond donors (Lipinski definition) is 2. The highest BCUT2D eigenvalue weighted by Gasteiger charge is 1.94. The normalized spacial score (nSPS) is 9.67. The predicted molar refractivity (Wildman–Crippen MR) is 59.4 cm³/mol. The van der Waals surface area contributed by atoms with Crippen molar-refractivity contribution in [2.45, 2.75) is 6.92 Å². The zero-order valence-corrected chi connectivity index (χ0v) is 8.44. The van der Waals surface area contributed by atoms with Gasteiger partial charge >= 0.3 is 0 Å². The van der Waals surface area contributed by atoms with Crippen LogP contribution >= 0.6 is 0 Å². The number of rotatable bonds is 0. The summed E-state index contributed by atoms with van der Waals surface area (Å²) in [5.41, 5.74) is 3.06. The van der Waals surface area contributed by atoms with E-state index in [1.807, 2.05) is 49.6 Å². The first-order valence-electron chi connectivity index (χ1n) is 4.71. The number of benzene rings is 1. The Balaban J connectivity index is 0.000000144. The minimum atomic E-state index is 0.922. The van der Waals surface area contributed by atoms with Crippen molar-refractivity contribution in [3.8, 4) is 0 Å². The fourth-order valence-corrected chi connectivity index (χ4v) is 1.23. The highest BCUT2D eigenvalue weighted by atomic mass is 15.3. The number of fused-ring (bicyclic) bond motifs is 1. The standard InChI is InChI=1S/C7H7N3.C4H5N/c1-5-2-3-6-7(4-5)9-10-8-6;1-2-4-5-3-1/h2-4H,1H3,(H,8,9,10);1-5H. The van der Waals surface area contributed by atoms with E-state index in [2.05, 4.69) is 20.4 Å². The van der Waals surface area contributed by atoms with Gasteiger partial charge in [0.2, 0.25) is 0 Å². The van der Waals surface area contributed by atoms with Crippen molar-refractivity contribution in [1.29, 1.82) is 0 Å². The van der Waals surface area contributed by atoms with Gasteiger partial charge in [0.05, 0.1) is 0 Å². The average molecular weight is 200 g/mol. The molecule has 0 bridgehead atoms. The van der Waals surface area contributed by atoms with Gasteiger partial charge in [0.1, 0.15) is 11.0 Å². The largest absolute Gasteiger partial charge is 0.368 e. The second-order valence-electron chi connectivity index (χ2n) is 3.20. The molecule has 0 unspecified atom stereocenters. The van der Waals surface area contributed by atoms with Gasteiger partial charge in [-0.3, -0.25) is 0 Å². The first-order valence-corrected chi connectivity index (χ1v) is 4.71. The molecule has 3 aromatic rings. The molecule has 0 amide bonds. The van der Waals surface area contributed by atoms with Crippen LogP contribution in [-0.4, -0.2) is 20.4 Å². The van der Waals surface area contributed by atoms with E-state index in [1.54, 1.807) is 0 Å². The Morgan fingerprint density at radius 2 is 1.73 bits per heavy atom. The smallest absolute Gasteiger partial charge is 0.113 e. The molecule has 0 radical (unpaired) electrons. The van der Waals surface area contributed by atoms with Crippen LogP contribution in [0.2, 0.25) is 0 Å². The van der Waals surface area contributed by atoms with E-state index in [0.29, 0.717) is 0 Å². The maximum absolute atomic E-state index is 3.94. The molecule has 76 valence electrons. The van der Waals surface area contributed by atoms with Crippen molar-refractivity contribution < 1.29 is 0 Å². The van der Waals surface area contributed by atoms with Gasteiger partial charge in [0.15, 0.2) is 0 Å². The SMILES string of the molecule is Cc1ccc2n[nH]nc2c1.c1cc[nH]c1. The van der Waals surface area contributed by atoms with Crippen molar-refractivity contribution in [3.63, 3.8) is 0 Å². The Morgan fingerprint density at radius 3 is 2.40 bits per heavy atom. The number of aromatic nitrogens is 4. The molecule has 2 heterocycles. The zero-order chi connectivity index (χ0) is 10.5. The van der Waals surface area contributed by atoms with E-state index in [1.165, 1.54) is 5.56 Å². The molecule has 0 aliphatic rings. The van der Waals surface area contributed by atoms with Gasteiger partial charge < -0.3 is 4.98 Å². The highest BCUT2D eigenvalue weighted by molar-refractivity contribution is 5.73. The zero-order valence-electron chi connectivity index (χ0n) is 8.44. The van der Waals surface area contributed by atoms with Gasteiger partial charge in [-0.1, -0.05) is 6.07 Å². The summed E-state index contributed by atoms with van der Waals surface area (Å²) in [7, 11) is 0. The Bertz CT molecular complexity index is 493. The summed E-state index contributed by atoms with van der Waals surface area (Å²) in [5.74, 6) is 0. The molecular weight excluding hydrogens is 188 g/mol. The van der Waals surface area contributed by atoms with Crippen LogP contribution in [0.3, 0.4) is 0 Å². The molecular formula is C11H12N4. The molecule has 0 aliphatic heterocycles. The molecule has 4 heteroatoms. The number of aryl methyl sites for hydroxylation is 1. The van der Waals surface area contributed by atoms with Gasteiger partial charge in [0.25, 0.3) is 0 Å². The van der Waals surface area contributed by atoms with Crippen LogP contribution in [0, 0.1) is 6.92 Å². The number of H-pyrrole nitrogens is 2. The summed E-state index contributed by atoms with van der Waals surface area (Å²) in [6.45, 7) is 2.04. The Labute approximate surface area is 87.3 Å². The average Bonchev–Trinajstić information content (AvgIpc) is 2.91. The lowest BCUT2D eigenvalue weighted by atomic mass is 10.2.